The molecule has 0 radical (unpaired) electrons. The van der Waals surface area contributed by atoms with E-state index in [1.54, 1.807) is 0 Å². The third-order valence-corrected chi connectivity index (χ3v) is 3.79. The van der Waals surface area contributed by atoms with Crippen molar-refractivity contribution in [2.24, 2.45) is 11.7 Å². The van der Waals surface area contributed by atoms with Crippen molar-refractivity contribution in [2.75, 3.05) is 26.2 Å². The van der Waals surface area contributed by atoms with Crippen molar-refractivity contribution in [1.82, 2.24) is 9.80 Å². The lowest BCUT2D eigenvalue weighted by atomic mass is 10.1. The van der Waals surface area contributed by atoms with E-state index >= 15 is 0 Å². The van der Waals surface area contributed by atoms with Crippen molar-refractivity contribution in [3.8, 4) is 0 Å². The summed E-state index contributed by atoms with van der Waals surface area (Å²) in [6.07, 6.45) is 4.71. The van der Waals surface area contributed by atoms with Crippen molar-refractivity contribution >= 4 is 5.91 Å². The van der Waals surface area contributed by atoms with Gasteiger partial charge in [-0.2, -0.15) is 0 Å². The summed E-state index contributed by atoms with van der Waals surface area (Å²) in [6.45, 7) is 8.11. The molecule has 2 unspecified atom stereocenters. The molecule has 2 aliphatic rings. The normalized spacial score (nSPS) is 30.2. The van der Waals surface area contributed by atoms with Gasteiger partial charge in [-0.25, -0.2) is 0 Å². The van der Waals surface area contributed by atoms with Crippen molar-refractivity contribution in [3.05, 3.63) is 12.2 Å². The van der Waals surface area contributed by atoms with Crippen LogP contribution in [0, 0.1) is 5.92 Å². The number of nitrogens with two attached hydrogens (primary N) is 1. The Morgan fingerprint density at radius 1 is 1.24 bits per heavy atom. The molecule has 0 bridgehead atoms. The number of nitrogens with zero attached hydrogens (tertiary/aromatic N) is 2. The van der Waals surface area contributed by atoms with Gasteiger partial charge in [0.2, 0.25) is 5.91 Å². The molecule has 0 spiro atoms. The monoisotopic (exact) mass is 237 g/mol. The third-order valence-electron chi connectivity index (χ3n) is 3.79. The number of hydrogen-bond donors (Lipinski definition) is 1. The molecule has 2 N–H and O–H groups in total. The minimum Gasteiger partial charge on any atom is -0.340 e. The van der Waals surface area contributed by atoms with Crippen LogP contribution in [0.1, 0.15) is 20.3 Å². The van der Waals surface area contributed by atoms with Crippen molar-refractivity contribution in [2.45, 2.75) is 32.4 Å². The minimum absolute atomic E-state index is 0.0237. The van der Waals surface area contributed by atoms with E-state index in [9.17, 15) is 4.79 Å². The first kappa shape index (κ1) is 12.6. The summed E-state index contributed by atoms with van der Waals surface area (Å²) >= 11 is 0. The van der Waals surface area contributed by atoms with Gasteiger partial charge in [-0.1, -0.05) is 12.2 Å². The smallest absolute Gasteiger partial charge is 0.229 e. The lowest BCUT2D eigenvalue weighted by Crippen LogP contribution is -2.51. The second-order valence-corrected chi connectivity index (χ2v) is 5.35. The van der Waals surface area contributed by atoms with Crippen LogP contribution in [-0.4, -0.2) is 54.0 Å². The maximum Gasteiger partial charge on any atom is 0.229 e. The average Bonchev–Trinajstić information content (AvgIpc) is 2.75. The molecule has 2 atom stereocenters. The van der Waals surface area contributed by atoms with Gasteiger partial charge in [-0.15, -0.1) is 0 Å². The topological polar surface area (TPSA) is 49.6 Å². The number of carbonyl (C=O) groups excluding carboxylic acids is 1. The molecule has 0 aromatic carbocycles. The van der Waals surface area contributed by atoms with E-state index in [4.69, 9.17) is 5.73 Å². The number of piperazine rings is 1. The molecule has 17 heavy (non-hydrogen) atoms. The summed E-state index contributed by atoms with van der Waals surface area (Å²) in [5.74, 6) is 0.285. The number of carbonyl (C=O) groups is 1. The van der Waals surface area contributed by atoms with Gasteiger partial charge in [-0.05, 0) is 20.3 Å². The first-order valence-corrected chi connectivity index (χ1v) is 6.54. The highest BCUT2D eigenvalue weighted by molar-refractivity contribution is 5.81. The lowest BCUT2D eigenvalue weighted by Gasteiger charge is -2.37. The van der Waals surface area contributed by atoms with Crippen LogP contribution in [-0.2, 0) is 4.79 Å². The Kier molecular flexibility index (Phi) is 3.84. The van der Waals surface area contributed by atoms with Gasteiger partial charge in [0.15, 0.2) is 0 Å². The summed E-state index contributed by atoms with van der Waals surface area (Å²) in [5.41, 5.74) is 5.79. The highest BCUT2D eigenvalue weighted by Crippen LogP contribution is 2.20. The summed E-state index contributed by atoms with van der Waals surface area (Å²) < 4.78 is 0. The quantitative estimate of drug-likeness (QED) is 0.709. The summed E-state index contributed by atoms with van der Waals surface area (Å²) in [5, 5.41) is 0. The fraction of sp³-hybridized carbons (Fsp3) is 0.769. The number of rotatable bonds is 2. The molecule has 96 valence electrons. The molecule has 1 aliphatic heterocycles. The maximum absolute atomic E-state index is 12.2. The van der Waals surface area contributed by atoms with E-state index in [2.05, 4.69) is 18.7 Å². The van der Waals surface area contributed by atoms with E-state index < -0.39 is 0 Å². The first-order chi connectivity index (χ1) is 8.08. The van der Waals surface area contributed by atoms with Gasteiger partial charge in [-0.3, -0.25) is 9.69 Å². The molecular weight excluding hydrogens is 214 g/mol. The number of hydrogen-bond acceptors (Lipinski definition) is 3. The first-order valence-electron chi connectivity index (χ1n) is 6.54. The zero-order valence-electron chi connectivity index (χ0n) is 10.8. The second-order valence-electron chi connectivity index (χ2n) is 5.35. The SMILES string of the molecule is CC(C)N1CCN(C(=O)C2C=CC(N)C2)CC1. The molecule has 2 rings (SSSR count). The summed E-state index contributed by atoms with van der Waals surface area (Å²) in [6, 6.07) is 0.646. The Labute approximate surface area is 103 Å². The fourth-order valence-electron chi connectivity index (χ4n) is 2.60. The van der Waals surface area contributed by atoms with Gasteiger partial charge in [0.25, 0.3) is 0 Å². The summed E-state index contributed by atoms with van der Waals surface area (Å²) in [4.78, 5) is 16.6. The van der Waals surface area contributed by atoms with Crippen LogP contribution in [0.4, 0.5) is 0 Å². The van der Waals surface area contributed by atoms with E-state index in [0.717, 1.165) is 32.6 Å². The standard InChI is InChI=1S/C13H23N3O/c1-10(2)15-5-7-16(8-6-15)13(17)11-3-4-12(14)9-11/h3-4,10-12H,5-9,14H2,1-2H3. The lowest BCUT2D eigenvalue weighted by molar-refractivity contribution is -0.136. The van der Waals surface area contributed by atoms with Gasteiger partial charge >= 0.3 is 0 Å². The van der Waals surface area contributed by atoms with Gasteiger partial charge in [0.05, 0.1) is 5.92 Å². The Bertz CT molecular complexity index is 306. The van der Waals surface area contributed by atoms with Crippen LogP contribution in [0.25, 0.3) is 0 Å². The molecule has 0 saturated carbocycles. The van der Waals surface area contributed by atoms with E-state index in [1.165, 1.54) is 0 Å². The molecule has 1 amide bonds. The molecule has 1 aliphatic carbocycles. The van der Waals surface area contributed by atoms with E-state index in [-0.39, 0.29) is 17.9 Å². The zero-order valence-corrected chi connectivity index (χ0v) is 10.8. The van der Waals surface area contributed by atoms with Crippen LogP contribution in [0.3, 0.4) is 0 Å². The Hall–Kier alpha value is -0.870. The Balaban J connectivity index is 1.84. The van der Waals surface area contributed by atoms with E-state index in [0.29, 0.717) is 6.04 Å². The molecule has 0 aromatic heterocycles. The highest BCUT2D eigenvalue weighted by Gasteiger charge is 2.29. The fourth-order valence-corrected chi connectivity index (χ4v) is 2.60. The Morgan fingerprint density at radius 3 is 2.35 bits per heavy atom. The second kappa shape index (κ2) is 5.19. The average molecular weight is 237 g/mol. The molecule has 4 nitrogen and oxygen atoms in total. The predicted octanol–water partition coefficient (Wildman–Crippen LogP) is 0.442. The van der Waals surface area contributed by atoms with Gasteiger partial charge in [0.1, 0.15) is 0 Å². The third kappa shape index (κ3) is 2.87. The van der Waals surface area contributed by atoms with Gasteiger partial charge < -0.3 is 10.6 Å². The summed E-state index contributed by atoms with van der Waals surface area (Å²) in [7, 11) is 0. The van der Waals surface area contributed by atoms with Crippen molar-refractivity contribution in [1.29, 1.82) is 0 Å². The van der Waals surface area contributed by atoms with Crippen LogP contribution < -0.4 is 5.73 Å². The van der Waals surface area contributed by atoms with Gasteiger partial charge in [0, 0.05) is 38.3 Å². The van der Waals surface area contributed by atoms with Crippen molar-refractivity contribution < 1.29 is 4.79 Å². The molecular formula is C13H23N3O. The van der Waals surface area contributed by atoms with Crippen LogP contribution >= 0.6 is 0 Å². The predicted molar refractivity (Wildman–Crippen MR) is 68.5 cm³/mol. The maximum atomic E-state index is 12.2. The minimum atomic E-state index is 0.0237. The molecule has 1 saturated heterocycles. The molecule has 1 heterocycles. The van der Waals surface area contributed by atoms with Crippen molar-refractivity contribution in [3.63, 3.8) is 0 Å². The highest BCUT2D eigenvalue weighted by atomic mass is 16.2. The van der Waals surface area contributed by atoms with E-state index in [1.807, 2.05) is 17.1 Å². The Morgan fingerprint density at radius 2 is 1.88 bits per heavy atom. The molecule has 0 aromatic rings. The largest absolute Gasteiger partial charge is 0.340 e. The zero-order chi connectivity index (χ0) is 12.4. The van der Waals surface area contributed by atoms with Crippen LogP contribution in [0.5, 0.6) is 0 Å². The molecule has 4 heteroatoms. The van der Waals surface area contributed by atoms with Crippen LogP contribution in [0.15, 0.2) is 12.2 Å². The van der Waals surface area contributed by atoms with Crippen LogP contribution in [0.2, 0.25) is 0 Å². The molecule has 1 fully saturated rings. The number of amides is 1.